The van der Waals surface area contributed by atoms with Gasteiger partial charge in [-0.05, 0) is 51.0 Å². The first-order valence-corrected chi connectivity index (χ1v) is 10.7. The van der Waals surface area contributed by atoms with Crippen molar-refractivity contribution in [3.8, 4) is 0 Å². The van der Waals surface area contributed by atoms with Crippen LogP contribution in [0.3, 0.4) is 0 Å². The molecular weight excluding hydrogens is 426 g/mol. The van der Waals surface area contributed by atoms with Crippen molar-refractivity contribution in [3.63, 3.8) is 0 Å². The second kappa shape index (κ2) is 8.65. The number of carbonyl (C=O) groups is 2. The van der Waals surface area contributed by atoms with Crippen molar-refractivity contribution < 1.29 is 19.1 Å². The van der Waals surface area contributed by atoms with Gasteiger partial charge >= 0.3 is 11.9 Å². The summed E-state index contributed by atoms with van der Waals surface area (Å²) in [4.78, 5) is 32.8. The molecule has 0 radical (unpaired) electrons. The van der Waals surface area contributed by atoms with Gasteiger partial charge in [0.15, 0.2) is 5.13 Å². The Balaban J connectivity index is 1.93. The summed E-state index contributed by atoms with van der Waals surface area (Å²) in [6.45, 7) is 7.51. The zero-order valence-electron chi connectivity index (χ0n) is 17.5. The Kier molecular flexibility index (Phi) is 6.38. The molecule has 7 nitrogen and oxygen atoms in total. The van der Waals surface area contributed by atoms with Gasteiger partial charge in [0.1, 0.15) is 11.3 Å². The van der Waals surface area contributed by atoms with Crippen LogP contribution in [0.1, 0.15) is 59.8 Å². The molecule has 0 bridgehead atoms. The third-order valence-electron chi connectivity index (χ3n) is 4.29. The largest absolute Gasteiger partial charge is 0.465 e. The lowest BCUT2D eigenvalue weighted by atomic mass is 10.1. The summed E-state index contributed by atoms with van der Waals surface area (Å²) in [7, 11) is 1.32. The zero-order chi connectivity index (χ0) is 22.1. The van der Waals surface area contributed by atoms with Gasteiger partial charge in [-0.15, -0.1) is 0 Å². The van der Waals surface area contributed by atoms with Crippen molar-refractivity contribution in [1.82, 2.24) is 9.97 Å². The number of hydrogen-bond acceptors (Lipinski definition) is 7. The number of H-pyrrole nitrogens is 1. The molecule has 1 aromatic carbocycles. The van der Waals surface area contributed by atoms with Crippen LogP contribution < -0.4 is 5.32 Å². The Hall–Kier alpha value is -2.58. The molecule has 2 N–H and O–H groups in total. The monoisotopic (exact) mass is 449 g/mol. The molecule has 0 atom stereocenters. The predicted molar refractivity (Wildman–Crippen MR) is 119 cm³/mol. The number of benzene rings is 1. The molecule has 0 aliphatic rings. The summed E-state index contributed by atoms with van der Waals surface area (Å²) in [5, 5.41) is 4.53. The van der Waals surface area contributed by atoms with Crippen LogP contribution >= 0.6 is 22.9 Å². The van der Waals surface area contributed by atoms with Crippen LogP contribution in [0.5, 0.6) is 0 Å². The number of carbonyl (C=O) groups excluding carboxylic acids is 2. The second-order valence-electron chi connectivity index (χ2n) is 7.66. The van der Waals surface area contributed by atoms with E-state index in [-0.39, 0.29) is 12.2 Å². The SMILES string of the molecule is CCc1c(C(=O)OC(C)(C)C)[nH]c(CNc2nc3ccc(Cl)cc3s2)c1C(=O)OC. The van der Waals surface area contributed by atoms with Crippen LogP contribution in [0.25, 0.3) is 10.2 Å². The molecule has 3 aromatic rings. The molecule has 30 heavy (non-hydrogen) atoms. The number of nitrogens with zero attached hydrogens (tertiary/aromatic N) is 1. The minimum Gasteiger partial charge on any atom is -0.465 e. The fraction of sp³-hybridized carbons (Fsp3) is 0.381. The number of aromatic nitrogens is 2. The van der Waals surface area contributed by atoms with Crippen molar-refractivity contribution >= 4 is 50.2 Å². The summed E-state index contributed by atoms with van der Waals surface area (Å²) >= 11 is 7.50. The van der Waals surface area contributed by atoms with E-state index >= 15 is 0 Å². The van der Waals surface area contributed by atoms with Crippen molar-refractivity contribution in [3.05, 3.63) is 45.7 Å². The first-order chi connectivity index (χ1) is 14.1. The minimum absolute atomic E-state index is 0.258. The van der Waals surface area contributed by atoms with Crippen LogP contribution in [0.4, 0.5) is 5.13 Å². The molecule has 0 unspecified atom stereocenters. The Morgan fingerprint density at radius 3 is 2.63 bits per heavy atom. The van der Waals surface area contributed by atoms with E-state index in [4.69, 9.17) is 21.1 Å². The van der Waals surface area contributed by atoms with Crippen molar-refractivity contribution in [2.75, 3.05) is 12.4 Å². The van der Waals surface area contributed by atoms with Gasteiger partial charge in [0.05, 0.1) is 29.4 Å². The molecule has 0 fully saturated rings. The summed E-state index contributed by atoms with van der Waals surface area (Å²) in [5.41, 5.74) is 1.90. The molecule has 0 saturated carbocycles. The first kappa shape index (κ1) is 22.1. The molecule has 0 aliphatic carbocycles. The molecule has 0 saturated heterocycles. The fourth-order valence-corrected chi connectivity index (χ4v) is 4.21. The summed E-state index contributed by atoms with van der Waals surface area (Å²) in [6.07, 6.45) is 0.467. The number of anilines is 1. The lowest BCUT2D eigenvalue weighted by molar-refractivity contribution is 0.00622. The maximum atomic E-state index is 12.7. The van der Waals surface area contributed by atoms with Crippen LogP contribution in [-0.4, -0.2) is 34.6 Å². The van der Waals surface area contributed by atoms with E-state index < -0.39 is 17.5 Å². The summed E-state index contributed by atoms with van der Waals surface area (Å²) in [6, 6.07) is 5.49. The smallest absolute Gasteiger partial charge is 0.355 e. The molecule has 0 amide bonds. The van der Waals surface area contributed by atoms with Crippen LogP contribution in [0, 0.1) is 0 Å². The van der Waals surface area contributed by atoms with E-state index in [1.165, 1.54) is 18.4 Å². The first-order valence-electron chi connectivity index (χ1n) is 9.48. The number of aromatic amines is 1. The molecule has 2 aromatic heterocycles. The topological polar surface area (TPSA) is 93.3 Å². The average molecular weight is 450 g/mol. The molecule has 2 heterocycles. The summed E-state index contributed by atoms with van der Waals surface area (Å²) in [5.74, 6) is -1.02. The standard InChI is InChI=1S/C21H24ClN3O4S/c1-6-12-16(18(26)28-5)14(24-17(12)19(27)29-21(2,3)4)10-23-20-25-13-8-7-11(22)9-15(13)30-20/h7-9,24H,6,10H2,1-5H3,(H,23,25). The van der Waals surface area contributed by atoms with Gasteiger partial charge in [-0.3, -0.25) is 0 Å². The maximum absolute atomic E-state index is 12.7. The van der Waals surface area contributed by atoms with E-state index in [0.29, 0.717) is 33.4 Å². The number of halogens is 1. The van der Waals surface area contributed by atoms with Crippen LogP contribution in [-0.2, 0) is 22.4 Å². The van der Waals surface area contributed by atoms with Gasteiger partial charge in [0, 0.05) is 10.7 Å². The van der Waals surface area contributed by atoms with Gasteiger partial charge in [-0.2, -0.15) is 0 Å². The highest BCUT2D eigenvalue weighted by Crippen LogP contribution is 2.29. The lowest BCUT2D eigenvalue weighted by Gasteiger charge is -2.19. The van der Waals surface area contributed by atoms with Crippen molar-refractivity contribution in [2.45, 2.75) is 46.3 Å². The molecule has 3 rings (SSSR count). The number of hydrogen-bond donors (Lipinski definition) is 2. The van der Waals surface area contributed by atoms with Crippen molar-refractivity contribution in [2.24, 2.45) is 0 Å². The van der Waals surface area contributed by atoms with Crippen molar-refractivity contribution in [1.29, 1.82) is 0 Å². The quantitative estimate of drug-likeness (QED) is 0.503. The normalized spacial score (nSPS) is 11.5. The highest BCUT2D eigenvalue weighted by Gasteiger charge is 2.29. The molecule has 9 heteroatoms. The highest BCUT2D eigenvalue weighted by molar-refractivity contribution is 7.22. The Morgan fingerprint density at radius 2 is 2.00 bits per heavy atom. The van der Waals surface area contributed by atoms with E-state index in [2.05, 4.69) is 15.3 Å². The predicted octanol–water partition coefficient (Wildman–Crippen LogP) is 5.19. The Labute approximate surface area is 183 Å². The number of methoxy groups -OCH3 is 1. The van der Waals surface area contributed by atoms with Crippen LogP contribution in [0.2, 0.25) is 5.02 Å². The van der Waals surface area contributed by atoms with Crippen LogP contribution in [0.15, 0.2) is 18.2 Å². The number of ether oxygens (including phenoxy) is 2. The van der Waals surface area contributed by atoms with E-state index in [1.54, 1.807) is 26.8 Å². The summed E-state index contributed by atoms with van der Waals surface area (Å²) < 4.78 is 11.4. The number of thiazole rings is 1. The van der Waals surface area contributed by atoms with E-state index in [1.807, 2.05) is 19.1 Å². The molecule has 0 spiro atoms. The lowest BCUT2D eigenvalue weighted by Crippen LogP contribution is -2.24. The second-order valence-corrected chi connectivity index (χ2v) is 9.13. The molecule has 0 aliphatic heterocycles. The third-order valence-corrected chi connectivity index (χ3v) is 5.51. The van der Waals surface area contributed by atoms with Gasteiger partial charge in [-0.25, -0.2) is 14.6 Å². The Morgan fingerprint density at radius 1 is 1.27 bits per heavy atom. The number of nitrogens with one attached hydrogen (secondary N) is 2. The minimum atomic E-state index is -0.653. The van der Waals surface area contributed by atoms with Gasteiger partial charge in [-0.1, -0.05) is 29.9 Å². The molecular formula is C21H24ClN3O4S. The van der Waals surface area contributed by atoms with Gasteiger partial charge in [0.2, 0.25) is 0 Å². The van der Waals surface area contributed by atoms with E-state index in [9.17, 15) is 9.59 Å². The maximum Gasteiger partial charge on any atom is 0.355 e. The molecule has 160 valence electrons. The number of esters is 2. The average Bonchev–Trinajstić information content (AvgIpc) is 3.24. The third kappa shape index (κ3) is 4.76. The zero-order valence-corrected chi connectivity index (χ0v) is 19.1. The highest BCUT2D eigenvalue weighted by atomic mass is 35.5. The number of fused-ring (bicyclic) bond motifs is 1. The van der Waals surface area contributed by atoms with Gasteiger partial charge in [0.25, 0.3) is 0 Å². The fourth-order valence-electron chi connectivity index (χ4n) is 3.07. The van der Waals surface area contributed by atoms with E-state index in [0.717, 1.165) is 10.2 Å². The number of rotatable bonds is 6. The Bertz CT molecular complexity index is 1100. The van der Waals surface area contributed by atoms with Gasteiger partial charge < -0.3 is 19.8 Å².